The summed E-state index contributed by atoms with van der Waals surface area (Å²) in [6.45, 7) is 4.08. The maximum Gasteiger partial charge on any atom is 0.333 e. The highest BCUT2D eigenvalue weighted by atomic mass is 35.5. The molecule has 0 saturated heterocycles. The number of aromatic nitrogens is 7. The molecule has 0 spiro atoms. The van der Waals surface area contributed by atoms with Gasteiger partial charge in [-0.15, -0.1) is 10.2 Å². The monoisotopic (exact) mass is 524 g/mol. The number of benzene rings is 1. The van der Waals surface area contributed by atoms with Crippen molar-refractivity contribution in [1.82, 2.24) is 39.6 Å². The molecule has 1 aliphatic heterocycles. The average Bonchev–Trinajstić information content (AvgIpc) is 3.50. The van der Waals surface area contributed by atoms with E-state index in [2.05, 4.69) is 30.8 Å². The Morgan fingerprint density at radius 2 is 2.00 bits per heavy atom. The lowest BCUT2D eigenvalue weighted by atomic mass is 10.1. The van der Waals surface area contributed by atoms with Crippen molar-refractivity contribution in [3.8, 4) is 23.0 Å². The number of anilines is 1. The lowest BCUT2D eigenvalue weighted by molar-refractivity contribution is 0.0269. The first-order chi connectivity index (χ1) is 17.7. The van der Waals surface area contributed by atoms with Gasteiger partial charge in [-0.25, -0.2) is 15.0 Å². The van der Waals surface area contributed by atoms with E-state index in [1.54, 1.807) is 19.3 Å². The summed E-state index contributed by atoms with van der Waals surface area (Å²) in [5.41, 5.74) is 1.57. The van der Waals surface area contributed by atoms with Crippen LogP contribution in [0.15, 0.2) is 48.6 Å². The van der Waals surface area contributed by atoms with Crippen molar-refractivity contribution in [2.24, 2.45) is 0 Å². The van der Waals surface area contributed by atoms with Crippen LogP contribution in [0.1, 0.15) is 29.9 Å². The molecule has 3 aromatic heterocycles. The van der Waals surface area contributed by atoms with Crippen LogP contribution in [0.25, 0.3) is 23.0 Å². The van der Waals surface area contributed by atoms with Gasteiger partial charge in [-0.1, -0.05) is 29.8 Å². The molecule has 190 valence electrons. The van der Waals surface area contributed by atoms with E-state index in [0.717, 1.165) is 11.8 Å². The lowest BCUT2D eigenvalue weighted by Crippen LogP contribution is -2.28. The Kier molecular flexibility index (Phi) is 6.20. The Hall–Kier alpha value is -4.19. The molecule has 3 N–H and O–H groups in total. The van der Waals surface area contributed by atoms with Gasteiger partial charge in [0.2, 0.25) is 17.6 Å². The van der Waals surface area contributed by atoms with Crippen molar-refractivity contribution in [2.45, 2.75) is 32.4 Å². The molecule has 13 heteroatoms. The molecular weight excluding hydrogens is 502 g/mol. The molecule has 0 bridgehead atoms. The van der Waals surface area contributed by atoms with E-state index < -0.39 is 11.7 Å². The van der Waals surface area contributed by atoms with E-state index in [0.29, 0.717) is 35.5 Å². The van der Waals surface area contributed by atoms with Crippen LogP contribution in [0, 0.1) is 12.3 Å². The fraction of sp³-hybridized carbons (Fsp3) is 0.250. The third-order valence-corrected chi connectivity index (χ3v) is 6.38. The predicted molar refractivity (Wildman–Crippen MR) is 136 cm³/mol. The molecule has 4 aromatic rings. The molecule has 0 unspecified atom stereocenters. The number of aryl methyl sites for hydroxylation is 1. The fourth-order valence-corrected chi connectivity index (χ4v) is 4.53. The molecule has 0 radical (unpaired) electrons. The van der Waals surface area contributed by atoms with Crippen molar-refractivity contribution >= 4 is 23.8 Å². The zero-order chi connectivity index (χ0) is 26.3. The number of imidazole rings is 1. The second-order valence-electron chi connectivity index (χ2n) is 8.57. The number of hydrogen-bond donors (Lipinski definition) is 3. The maximum absolute atomic E-state index is 15.6. The molecular formula is C24H23ClF2N10. The molecule has 4 heterocycles. The first-order valence-corrected chi connectivity index (χ1v) is 11.8. The molecule has 5 rings (SSSR count). The summed E-state index contributed by atoms with van der Waals surface area (Å²) in [4.78, 5) is 13.6. The van der Waals surface area contributed by atoms with E-state index in [4.69, 9.17) is 22.0 Å². The van der Waals surface area contributed by atoms with Gasteiger partial charge in [0.15, 0.2) is 5.82 Å². The smallest absolute Gasteiger partial charge is 0.333 e. The SMILES string of the molecule is CN/C(=C\C=N)Nc1ncc(C)c(-c2cn3c(n2)-c2nnc(C(F)(F)c4ccccc4Cl)n2[C@@H](C)C3)n1. The Morgan fingerprint density at radius 3 is 2.73 bits per heavy atom. The van der Waals surface area contributed by atoms with Crippen molar-refractivity contribution in [3.63, 3.8) is 0 Å². The predicted octanol–water partition coefficient (Wildman–Crippen LogP) is 4.40. The summed E-state index contributed by atoms with van der Waals surface area (Å²) >= 11 is 6.09. The van der Waals surface area contributed by atoms with Crippen LogP contribution in [0.2, 0.25) is 5.02 Å². The van der Waals surface area contributed by atoms with Crippen LogP contribution in [0.4, 0.5) is 14.7 Å². The van der Waals surface area contributed by atoms with E-state index in [1.165, 1.54) is 28.8 Å². The molecule has 10 nitrogen and oxygen atoms in total. The average molecular weight is 525 g/mol. The minimum Gasteiger partial charge on any atom is -0.375 e. The zero-order valence-electron chi connectivity index (χ0n) is 20.2. The molecule has 1 atom stereocenters. The highest BCUT2D eigenvalue weighted by Gasteiger charge is 2.44. The highest BCUT2D eigenvalue weighted by molar-refractivity contribution is 6.31. The summed E-state index contributed by atoms with van der Waals surface area (Å²) in [6.07, 6.45) is 6.15. The summed E-state index contributed by atoms with van der Waals surface area (Å²) in [6, 6.07) is 5.46. The Bertz CT molecular complexity index is 1520. The normalized spacial score (nSPS) is 15.2. The summed E-state index contributed by atoms with van der Waals surface area (Å²) in [5.74, 6) is -2.43. The number of halogens is 3. The molecule has 37 heavy (non-hydrogen) atoms. The van der Waals surface area contributed by atoms with Gasteiger partial charge in [-0.2, -0.15) is 8.78 Å². The first kappa shape index (κ1) is 24.5. The molecule has 1 aromatic carbocycles. The van der Waals surface area contributed by atoms with Gasteiger partial charge in [0.25, 0.3) is 0 Å². The number of alkyl halides is 2. The van der Waals surface area contributed by atoms with Crippen LogP contribution < -0.4 is 10.6 Å². The van der Waals surface area contributed by atoms with Crippen LogP contribution in [0.3, 0.4) is 0 Å². The Balaban J connectivity index is 1.56. The topological polar surface area (TPSA) is 122 Å². The molecule has 1 aliphatic rings. The highest BCUT2D eigenvalue weighted by Crippen LogP contribution is 2.42. The van der Waals surface area contributed by atoms with Crippen molar-refractivity contribution in [1.29, 1.82) is 5.41 Å². The number of fused-ring (bicyclic) bond motifs is 3. The van der Waals surface area contributed by atoms with Crippen molar-refractivity contribution < 1.29 is 8.78 Å². The van der Waals surface area contributed by atoms with Gasteiger partial charge >= 0.3 is 5.92 Å². The van der Waals surface area contributed by atoms with Crippen LogP contribution in [-0.4, -0.2) is 47.5 Å². The third kappa shape index (κ3) is 4.22. The molecule has 0 saturated carbocycles. The molecule has 0 fully saturated rings. The van der Waals surface area contributed by atoms with Crippen LogP contribution in [0.5, 0.6) is 0 Å². The number of allylic oxidation sites excluding steroid dienone is 1. The van der Waals surface area contributed by atoms with Crippen LogP contribution >= 0.6 is 11.6 Å². The van der Waals surface area contributed by atoms with Gasteiger partial charge < -0.3 is 20.6 Å². The van der Waals surface area contributed by atoms with Gasteiger partial charge in [0, 0.05) is 37.8 Å². The van der Waals surface area contributed by atoms with Crippen molar-refractivity contribution in [2.75, 3.05) is 12.4 Å². The second kappa shape index (κ2) is 9.36. The Morgan fingerprint density at radius 1 is 1.22 bits per heavy atom. The minimum absolute atomic E-state index is 0.0439. The standard InChI is InChI=1S/C24H23ClF2N10/c1-13-10-30-23(32-18(29-3)8-9-28)33-19(13)17-12-36-11-14(2)37-21(20(36)31-17)34-35-22(37)24(26,27)15-6-4-5-7-16(15)25/h4-10,12,14,28-29H,11H2,1-3H3,(H,30,32,33)/b18-8+,28-9?/t14-/m0/s1. The van der Waals surface area contributed by atoms with Gasteiger partial charge in [0.1, 0.15) is 11.5 Å². The van der Waals surface area contributed by atoms with E-state index in [1.807, 2.05) is 24.6 Å². The fourth-order valence-electron chi connectivity index (χ4n) is 4.28. The van der Waals surface area contributed by atoms with Gasteiger partial charge in [0.05, 0.1) is 16.8 Å². The van der Waals surface area contributed by atoms with Gasteiger partial charge in [-0.3, -0.25) is 4.57 Å². The number of hydrogen-bond acceptors (Lipinski definition) is 8. The van der Waals surface area contributed by atoms with E-state index >= 15 is 8.78 Å². The Labute approximate surface area is 216 Å². The number of nitrogens with zero attached hydrogens (tertiary/aromatic N) is 7. The minimum atomic E-state index is -3.45. The largest absolute Gasteiger partial charge is 0.375 e. The van der Waals surface area contributed by atoms with Gasteiger partial charge in [-0.05, 0) is 31.6 Å². The molecule has 0 amide bonds. The first-order valence-electron chi connectivity index (χ1n) is 11.4. The van der Waals surface area contributed by atoms with Crippen molar-refractivity contribution in [3.05, 3.63) is 70.5 Å². The number of nitrogens with one attached hydrogen (secondary N) is 3. The maximum atomic E-state index is 15.6. The third-order valence-electron chi connectivity index (χ3n) is 6.05. The second-order valence-corrected chi connectivity index (χ2v) is 8.98. The lowest BCUT2D eigenvalue weighted by Gasteiger charge is -2.26. The summed E-state index contributed by atoms with van der Waals surface area (Å²) < 4.78 is 34.5. The number of rotatable bonds is 7. The summed E-state index contributed by atoms with van der Waals surface area (Å²) in [5, 5.41) is 21.2. The summed E-state index contributed by atoms with van der Waals surface area (Å²) in [7, 11) is 1.71. The van der Waals surface area contributed by atoms with Crippen LogP contribution in [-0.2, 0) is 12.5 Å². The quantitative estimate of drug-likeness (QED) is 0.306. The molecule has 0 aliphatic carbocycles. The zero-order valence-corrected chi connectivity index (χ0v) is 20.9. The van der Waals surface area contributed by atoms with E-state index in [-0.39, 0.29) is 22.5 Å². The van der Waals surface area contributed by atoms with E-state index in [9.17, 15) is 0 Å².